The predicted molar refractivity (Wildman–Crippen MR) is 90.2 cm³/mol. The van der Waals surface area contributed by atoms with Crippen molar-refractivity contribution in [2.75, 3.05) is 0 Å². The van der Waals surface area contributed by atoms with Gasteiger partial charge in [-0.1, -0.05) is 35.9 Å². The smallest absolute Gasteiger partial charge is 0.0933 e. The van der Waals surface area contributed by atoms with E-state index in [9.17, 15) is 0 Å². The largest absolute Gasteiger partial charge is 0.138 e. The Morgan fingerprint density at radius 1 is 0.950 bits per heavy atom. The molecule has 0 radical (unpaired) electrons. The Bertz CT molecular complexity index is 714. The first-order chi connectivity index (χ1) is 9.56. The first-order valence-electron chi connectivity index (χ1n) is 6.76. The monoisotopic (exact) mass is 300 g/mol. The van der Waals surface area contributed by atoms with Crippen LogP contribution in [0.5, 0.6) is 0 Å². The lowest BCUT2D eigenvalue weighted by atomic mass is 9.96. The highest BCUT2D eigenvalue weighted by molar-refractivity contribution is 7.19. The van der Waals surface area contributed by atoms with Gasteiger partial charge in [0.05, 0.1) is 5.38 Å². The molecule has 1 unspecified atom stereocenters. The summed E-state index contributed by atoms with van der Waals surface area (Å²) in [4.78, 5) is 1.22. The van der Waals surface area contributed by atoms with Crippen LogP contribution in [-0.4, -0.2) is 0 Å². The quantitative estimate of drug-likeness (QED) is 0.498. The van der Waals surface area contributed by atoms with Gasteiger partial charge in [-0.15, -0.1) is 22.9 Å². The van der Waals surface area contributed by atoms with Crippen molar-refractivity contribution in [2.24, 2.45) is 0 Å². The maximum Gasteiger partial charge on any atom is 0.0933 e. The first-order valence-corrected chi connectivity index (χ1v) is 8.02. The average Bonchev–Trinajstić information content (AvgIpc) is 2.81. The molecule has 0 nitrogen and oxygen atoms in total. The molecular weight excluding hydrogens is 284 g/mol. The molecule has 0 aliphatic heterocycles. The molecule has 1 atom stereocenters. The molecular formula is C18H17ClS. The van der Waals surface area contributed by atoms with Crippen LogP contribution in [0.15, 0.2) is 42.5 Å². The van der Waals surface area contributed by atoms with Crippen LogP contribution >= 0.6 is 22.9 Å². The molecule has 2 aromatic carbocycles. The summed E-state index contributed by atoms with van der Waals surface area (Å²) in [5.74, 6) is 0. The second-order valence-electron chi connectivity index (χ2n) is 5.36. The van der Waals surface area contributed by atoms with E-state index in [-0.39, 0.29) is 5.38 Å². The topological polar surface area (TPSA) is 0 Å². The van der Waals surface area contributed by atoms with Crippen LogP contribution in [0.25, 0.3) is 10.1 Å². The Hall–Kier alpha value is -1.31. The van der Waals surface area contributed by atoms with Gasteiger partial charge in [0.1, 0.15) is 0 Å². The summed E-state index contributed by atoms with van der Waals surface area (Å²) >= 11 is 8.57. The third kappa shape index (κ3) is 2.36. The SMILES string of the molecule is Cc1cc(C)c(C(Cl)c2cc3ccccc3s2)c(C)c1. The molecule has 20 heavy (non-hydrogen) atoms. The number of aryl methyl sites for hydroxylation is 3. The Labute approximate surface area is 129 Å². The molecule has 0 N–H and O–H groups in total. The first kappa shape index (κ1) is 13.7. The van der Waals surface area contributed by atoms with Crippen molar-refractivity contribution >= 4 is 33.0 Å². The molecule has 0 spiro atoms. The van der Waals surface area contributed by atoms with Gasteiger partial charge >= 0.3 is 0 Å². The molecule has 3 rings (SSSR count). The van der Waals surface area contributed by atoms with Crippen LogP contribution in [0.4, 0.5) is 0 Å². The Kier molecular flexibility index (Phi) is 3.57. The second-order valence-corrected chi connectivity index (χ2v) is 6.91. The molecule has 102 valence electrons. The number of benzene rings is 2. The zero-order valence-corrected chi connectivity index (χ0v) is 13.5. The van der Waals surface area contributed by atoms with E-state index in [1.165, 1.54) is 37.2 Å². The van der Waals surface area contributed by atoms with Crippen molar-refractivity contribution in [1.82, 2.24) is 0 Å². The lowest BCUT2D eigenvalue weighted by molar-refractivity contribution is 1.10. The van der Waals surface area contributed by atoms with Crippen molar-refractivity contribution in [3.05, 3.63) is 69.6 Å². The number of thiophene rings is 1. The van der Waals surface area contributed by atoms with Crippen LogP contribution in [0.3, 0.4) is 0 Å². The van der Waals surface area contributed by atoms with E-state index < -0.39 is 0 Å². The van der Waals surface area contributed by atoms with Crippen molar-refractivity contribution in [3.63, 3.8) is 0 Å². The molecule has 2 heteroatoms. The van der Waals surface area contributed by atoms with E-state index in [4.69, 9.17) is 11.6 Å². The van der Waals surface area contributed by atoms with Crippen molar-refractivity contribution in [3.8, 4) is 0 Å². The molecule has 0 fully saturated rings. The van der Waals surface area contributed by atoms with Gasteiger partial charge in [0, 0.05) is 9.58 Å². The lowest BCUT2D eigenvalue weighted by Gasteiger charge is -2.15. The molecule has 0 amide bonds. The molecule has 0 aliphatic rings. The maximum absolute atomic E-state index is 6.78. The van der Waals surface area contributed by atoms with Gasteiger partial charge < -0.3 is 0 Å². The van der Waals surface area contributed by atoms with Gasteiger partial charge in [0.2, 0.25) is 0 Å². The zero-order chi connectivity index (χ0) is 14.3. The molecule has 1 aromatic heterocycles. The second kappa shape index (κ2) is 5.23. The fraction of sp³-hybridized carbons (Fsp3) is 0.222. The summed E-state index contributed by atoms with van der Waals surface area (Å²) in [7, 11) is 0. The van der Waals surface area contributed by atoms with Gasteiger partial charge in [-0.05, 0) is 55.0 Å². The predicted octanol–water partition coefficient (Wildman–Crippen LogP) is 6.15. The highest BCUT2D eigenvalue weighted by atomic mass is 35.5. The third-order valence-electron chi connectivity index (χ3n) is 3.69. The van der Waals surface area contributed by atoms with Gasteiger partial charge in [0.15, 0.2) is 0 Å². The standard InChI is InChI=1S/C18H17ClS/c1-11-8-12(2)17(13(3)9-11)18(19)16-10-14-6-4-5-7-15(14)20-16/h4-10,18H,1-3H3. The highest BCUT2D eigenvalue weighted by Gasteiger charge is 2.18. The van der Waals surface area contributed by atoms with Gasteiger partial charge in [0.25, 0.3) is 0 Å². The number of rotatable bonds is 2. The Balaban J connectivity index is 2.10. The maximum atomic E-state index is 6.78. The normalized spacial score (nSPS) is 12.8. The summed E-state index contributed by atoms with van der Waals surface area (Å²) in [5, 5.41) is 1.22. The van der Waals surface area contributed by atoms with Gasteiger partial charge in [-0.25, -0.2) is 0 Å². The van der Waals surface area contributed by atoms with Crippen molar-refractivity contribution < 1.29 is 0 Å². The third-order valence-corrected chi connectivity index (χ3v) is 5.45. The number of alkyl halides is 1. The van der Waals surface area contributed by atoms with Gasteiger partial charge in [-0.3, -0.25) is 0 Å². The van der Waals surface area contributed by atoms with E-state index in [1.54, 1.807) is 11.3 Å². The van der Waals surface area contributed by atoms with Crippen LogP contribution in [0, 0.1) is 20.8 Å². The van der Waals surface area contributed by atoms with E-state index in [1.807, 2.05) is 0 Å². The molecule has 0 aliphatic carbocycles. The fourth-order valence-electron chi connectivity index (χ4n) is 2.86. The lowest BCUT2D eigenvalue weighted by Crippen LogP contribution is -1.98. The van der Waals surface area contributed by atoms with E-state index in [0.717, 1.165) is 0 Å². The minimum atomic E-state index is -0.0620. The van der Waals surface area contributed by atoms with Crippen molar-refractivity contribution in [2.45, 2.75) is 26.1 Å². The van der Waals surface area contributed by atoms with Crippen LogP contribution < -0.4 is 0 Å². The van der Waals surface area contributed by atoms with Gasteiger partial charge in [-0.2, -0.15) is 0 Å². The van der Waals surface area contributed by atoms with E-state index in [0.29, 0.717) is 0 Å². The molecule has 0 saturated heterocycles. The average molecular weight is 301 g/mol. The summed E-state index contributed by atoms with van der Waals surface area (Å²) in [6.45, 7) is 6.43. The van der Waals surface area contributed by atoms with E-state index in [2.05, 4.69) is 63.2 Å². The summed E-state index contributed by atoms with van der Waals surface area (Å²) in [5.41, 5.74) is 5.10. The Morgan fingerprint density at radius 2 is 1.60 bits per heavy atom. The number of halogens is 1. The number of hydrogen-bond acceptors (Lipinski definition) is 1. The minimum Gasteiger partial charge on any atom is -0.138 e. The summed E-state index contributed by atoms with van der Waals surface area (Å²) in [6.07, 6.45) is 0. The van der Waals surface area contributed by atoms with Crippen LogP contribution in [0.2, 0.25) is 0 Å². The molecule has 1 heterocycles. The zero-order valence-electron chi connectivity index (χ0n) is 11.9. The van der Waals surface area contributed by atoms with Crippen molar-refractivity contribution in [1.29, 1.82) is 0 Å². The molecule has 0 bridgehead atoms. The fourth-order valence-corrected chi connectivity index (χ4v) is 4.45. The van der Waals surface area contributed by atoms with Crippen LogP contribution in [0.1, 0.15) is 32.5 Å². The van der Waals surface area contributed by atoms with Crippen LogP contribution in [-0.2, 0) is 0 Å². The Morgan fingerprint density at radius 3 is 2.25 bits per heavy atom. The summed E-state index contributed by atoms with van der Waals surface area (Å²) < 4.78 is 1.30. The number of hydrogen-bond donors (Lipinski definition) is 0. The number of fused-ring (bicyclic) bond motifs is 1. The molecule has 3 aromatic rings. The minimum absolute atomic E-state index is 0.0620. The summed E-state index contributed by atoms with van der Waals surface area (Å²) in [6, 6.07) is 15.1. The highest BCUT2D eigenvalue weighted by Crippen LogP contribution is 2.39. The molecule has 0 saturated carbocycles. The van der Waals surface area contributed by atoms with E-state index >= 15 is 0 Å².